The number of thioether (sulfide) groups is 1. The lowest BCUT2D eigenvalue weighted by molar-refractivity contribution is -0.0328. The van der Waals surface area contributed by atoms with E-state index in [9.17, 15) is 13.2 Å². The maximum absolute atomic E-state index is 12.2. The van der Waals surface area contributed by atoms with Crippen molar-refractivity contribution in [1.82, 2.24) is 0 Å². The monoisotopic (exact) mass is 308 g/mol. The molecule has 0 amide bonds. The van der Waals surface area contributed by atoms with Crippen LogP contribution in [0.25, 0.3) is 0 Å². The van der Waals surface area contributed by atoms with Gasteiger partial charge in [0.1, 0.15) is 0 Å². The molecule has 0 aliphatic carbocycles. The van der Waals surface area contributed by atoms with Gasteiger partial charge in [0.05, 0.1) is 11.6 Å². The fraction of sp³-hybridized carbons (Fsp3) is 0.133. The summed E-state index contributed by atoms with van der Waals surface area (Å²) in [4.78, 5) is 0.159. The van der Waals surface area contributed by atoms with Crippen molar-refractivity contribution in [2.75, 3.05) is 5.32 Å². The van der Waals surface area contributed by atoms with Gasteiger partial charge in [-0.2, -0.15) is 18.4 Å². The van der Waals surface area contributed by atoms with Crippen LogP contribution in [0.1, 0.15) is 11.1 Å². The van der Waals surface area contributed by atoms with E-state index in [0.29, 0.717) is 12.1 Å². The van der Waals surface area contributed by atoms with E-state index in [1.54, 1.807) is 24.3 Å². The molecule has 0 spiro atoms. The number of nitrogens with one attached hydrogen (secondary N) is 1. The summed E-state index contributed by atoms with van der Waals surface area (Å²) in [6.45, 7) is 0.539. The zero-order valence-electron chi connectivity index (χ0n) is 10.8. The second-order valence-corrected chi connectivity index (χ2v) is 5.37. The van der Waals surface area contributed by atoms with Gasteiger partial charge in [0.2, 0.25) is 0 Å². The molecule has 1 N–H and O–H groups in total. The van der Waals surface area contributed by atoms with Crippen molar-refractivity contribution in [1.29, 1.82) is 5.26 Å². The first-order valence-corrected chi connectivity index (χ1v) is 6.87. The average Bonchev–Trinajstić information content (AvgIpc) is 2.45. The fourth-order valence-electron chi connectivity index (χ4n) is 1.68. The van der Waals surface area contributed by atoms with Crippen LogP contribution in [0, 0.1) is 11.3 Å². The van der Waals surface area contributed by atoms with Gasteiger partial charge in [-0.05, 0) is 53.7 Å². The number of halogens is 3. The molecule has 0 fully saturated rings. The highest BCUT2D eigenvalue weighted by Crippen LogP contribution is 2.37. The highest BCUT2D eigenvalue weighted by molar-refractivity contribution is 8.00. The Labute approximate surface area is 124 Å². The zero-order chi connectivity index (χ0) is 15.3. The summed E-state index contributed by atoms with van der Waals surface area (Å²) in [5.41, 5.74) is -1.95. The number of alkyl halides is 3. The maximum atomic E-state index is 12.2. The minimum absolute atomic E-state index is 0.130. The number of anilines is 1. The van der Waals surface area contributed by atoms with E-state index in [0.717, 1.165) is 11.3 Å². The Bertz CT molecular complexity index is 628. The molecular weight excluding hydrogens is 297 g/mol. The Morgan fingerprint density at radius 3 is 2.14 bits per heavy atom. The number of benzene rings is 2. The molecule has 0 saturated carbocycles. The summed E-state index contributed by atoms with van der Waals surface area (Å²) < 4.78 is 36.6. The van der Waals surface area contributed by atoms with Crippen molar-refractivity contribution in [3.05, 3.63) is 59.7 Å². The molecule has 0 unspecified atom stereocenters. The molecule has 2 rings (SSSR count). The van der Waals surface area contributed by atoms with Gasteiger partial charge in [-0.1, -0.05) is 12.1 Å². The molecule has 0 atom stereocenters. The summed E-state index contributed by atoms with van der Waals surface area (Å²) in [5, 5.41) is 11.8. The molecule has 0 saturated heterocycles. The lowest BCUT2D eigenvalue weighted by Gasteiger charge is -2.09. The van der Waals surface area contributed by atoms with Crippen molar-refractivity contribution in [2.45, 2.75) is 16.9 Å². The molecule has 0 radical (unpaired) electrons. The molecule has 6 heteroatoms. The van der Waals surface area contributed by atoms with E-state index in [2.05, 4.69) is 5.32 Å². The van der Waals surface area contributed by atoms with Gasteiger partial charge >= 0.3 is 5.51 Å². The van der Waals surface area contributed by atoms with Crippen molar-refractivity contribution in [3.63, 3.8) is 0 Å². The van der Waals surface area contributed by atoms with E-state index < -0.39 is 5.51 Å². The first-order chi connectivity index (χ1) is 9.96. The molecule has 0 aliphatic heterocycles. The largest absolute Gasteiger partial charge is 0.446 e. The Morgan fingerprint density at radius 2 is 1.62 bits per heavy atom. The summed E-state index contributed by atoms with van der Waals surface area (Å²) >= 11 is -0.130. The second kappa shape index (κ2) is 6.55. The second-order valence-electron chi connectivity index (χ2n) is 4.23. The van der Waals surface area contributed by atoms with E-state index in [-0.39, 0.29) is 16.7 Å². The predicted octanol–water partition coefficient (Wildman–Crippen LogP) is 4.78. The van der Waals surface area contributed by atoms with Gasteiger partial charge in [0.15, 0.2) is 0 Å². The summed E-state index contributed by atoms with van der Waals surface area (Å²) in [7, 11) is 0. The zero-order valence-corrected chi connectivity index (χ0v) is 11.6. The third-order valence-electron chi connectivity index (χ3n) is 2.67. The van der Waals surface area contributed by atoms with Crippen LogP contribution in [0.3, 0.4) is 0 Å². The van der Waals surface area contributed by atoms with Crippen LogP contribution in [-0.2, 0) is 6.54 Å². The van der Waals surface area contributed by atoms with E-state index in [1.165, 1.54) is 12.1 Å². The first kappa shape index (κ1) is 15.3. The van der Waals surface area contributed by atoms with Crippen molar-refractivity contribution in [3.8, 4) is 6.07 Å². The van der Waals surface area contributed by atoms with Crippen LogP contribution in [-0.4, -0.2) is 5.51 Å². The standard InChI is InChI=1S/C15H11F3N2S/c16-15(17,18)21-14-7-5-13(6-8-14)20-10-12-3-1-11(9-19)2-4-12/h1-8,20H,10H2. The number of nitrogens with zero attached hydrogens (tertiary/aromatic N) is 1. The molecule has 2 aromatic rings. The highest BCUT2D eigenvalue weighted by Gasteiger charge is 2.28. The fourth-order valence-corrected chi connectivity index (χ4v) is 2.22. The van der Waals surface area contributed by atoms with Crippen LogP contribution < -0.4 is 5.32 Å². The first-order valence-electron chi connectivity index (χ1n) is 6.05. The molecule has 0 aliphatic rings. The van der Waals surface area contributed by atoms with E-state index in [4.69, 9.17) is 5.26 Å². The van der Waals surface area contributed by atoms with Crippen LogP contribution in [0.15, 0.2) is 53.4 Å². The van der Waals surface area contributed by atoms with Gasteiger partial charge in [0.25, 0.3) is 0 Å². The lowest BCUT2D eigenvalue weighted by Crippen LogP contribution is -2.00. The van der Waals surface area contributed by atoms with Gasteiger partial charge < -0.3 is 5.32 Å². The Kier molecular flexibility index (Phi) is 4.76. The number of hydrogen-bond donors (Lipinski definition) is 1. The molecule has 0 bridgehead atoms. The van der Waals surface area contributed by atoms with Gasteiger partial charge in [-0.15, -0.1) is 0 Å². The van der Waals surface area contributed by atoms with Crippen LogP contribution in [0.5, 0.6) is 0 Å². The molecule has 0 aromatic heterocycles. The SMILES string of the molecule is N#Cc1ccc(CNc2ccc(SC(F)(F)F)cc2)cc1. The van der Waals surface area contributed by atoms with Crippen LogP contribution in [0.4, 0.5) is 18.9 Å². The molecule has 21 heavy (non-hydrogen) atoms. The molecule has 0 heterocycles. The summed E-state index contributed by atoms with van der Waals surface area (Å²) in [5.74, 6) is 0. The third kappa shape index (κ3) is 5.04. The van der Waals surface area contributed by atoms with Gasteiger partial charge in [-0.25, -0.2) is 0 Å². The quantitative estimate of drug-likeness (QED) is 0.825. The normalized spacial score (nSPS) is 11.0. The summed E-state index contributed by atoms with van der Waals surface area (Å²) in [6, 6.07) is 15.2. The van der Waals surface area contributed by atoms with Gasteiger partial charge in [-0.3, -0.25) is 0 Å². The Balaban J connectivity index is 1.92. The lowest BCUT2D eigenvalue weighted by atomic mass is 10.1. The van der Waals surface area contributed by atoms with Crippen molar-refractivity contribution in [2.24, 2.45) is 0 Å². The number of hydrogen-bond acceptors (Lipinski definition) is 3. The smallest absolute Gasteiger partial charge is 0.381 e. The molecule has 2 nitrogen and oxygen atoms in total. The minimum Gasteiger partial charge on any atom is -0.381 e. The minimum atomic E-state index is -4.27. The average molecular weight is 308 g/mol. The Hall–Kier alpha value is -2.13. The highest BCUT2D eigenvalue weighted by atomic mass is 32.2. The van der Waals surface area contributed by atoms with Crippen molar-refractivity contribution < 1.29 is 13.2 Å². The van der Waals surface area contributed by atoms with Crippen molar-refractivity contribution >= 4 is 17.4 Å². The number of rotatable bonds is 4. The summed E-state index contributed by atoms with van der Waals surface area (Å²) in [6.07, 6.45) is 0. The maximum Gasteiger partial charge on any atom is 0.446 e. The van der Waals surface area contributed by atoms with E-state index in [1.807, 2.05) is 18.2 Å². The van der Waals surface area contributed by atoms with E-state index >= 15 is 0 Å². The number of nitriles is 1. The van der Waals surface area contributed by atoms with Crippen LogP contribution >= 0.6 is 11.8 Å². The molecule has 2 aromatic carbocycles. The Morgan fingerprint density at radius 1 is 1.00 bits per heavy atom. The molecular formula is C15H11F3N2S. The van der Waals surface area contributed by atoms with Gasteiger partial charge in [0, 0.05) is 17.1 Å². The predicted molar refractivity (Wildman–Crippen MR) is 76.8 cm³/mol. The topological polar surface area (TPSA) is 35.8 Å². The molecule has 108 valence electrons. The van der Waals surface area contributed by atoms with Crippen LogP contribution in [0.2, 0.25) is 0 Å². The third-order valence-corrected chi connectivity index (χ3v) is 3.41.